The van der Waals surface area contributed by atoms with Crippen molar-refractivity contribution >= 4 is 23.6 Å². The number of hydrogen-bond acceptors (Lipinski definition) is 2. The van der Waals surface area contributed by atoms with Gasteiger partial charge in [-0.05, 0) is 60.4 Å². The molecule has 140 valence electrons. The van der Waals surface area contributed by atoms with Crippen LogP contribution < -0.4 is 10.9 Å². The number of allylic oxidation sites excluding steroid dienone is 1. The number of aromatic amines is 1. The highest BCUT2D eigenvalue weighted by Crippen LogP contribution is 2.41. The molecule has 0 spiro atoms. The second-order valence-electron chi connectivity index (χ2n) is 6.77. The highest BCUT2D eigenvalue weighted by atomic mass is 35.5. The summed E-state index contributed by atoms with van der Waals surface area (Å²) in [5, 5.41) is 3.84. The third-order valence-electron chi connectivity index (χ3n) is 4.96. The van der Waals surface area contributed by atoms with E-state index in [4.69, 9.17) is 11.6 Å². The lowest BCUT2D eigenvalue weighted by atomic mass is 9.94. The topological polar surface area (TPSA) is 57.2 Å². The Morgan fingerprint density at radius 1 is 1.21 bits per heavy atom. The average molecular weight is 390 g/mol. The third-order valence-corrected chi connectivity index (χ3v) is 5.19. The Labute approximate surface area is 168 Å². The lowest BCUT2D eigenvalue weighted by Gasteiger charge is -2.13. The smallest absolute Gasteiger partial charge is 0.251 e. The minimum atomic E-state index is -0.0745. The maximum Gasteiger partial charge on any atom is 0.251 e. The Kier molecular flexibility index (Phi) is 4.88. The lowest BCUT2D eigenvalue weighted by Crippen LogP contribution is -2.13. The van der Waals surface area contributed by atoms with Crippen molar-refractivity contribution in [2.24, 2.45) is 4.99 Å². The van der Waals surface area contributed by atoms with Gasteiger partial charge in [0.2, 0.25) is 0 Å². The predicted molar refractivity (Wildman–Crippen MR) is 117 cm³/mol. The maximum atomic E-state index is 12.7. The molecule has 0 fully saturated rings. The molecule has 1 aliphatic carbocycles. The molecule has 2 aromatic carbocycles. The molecule has 0 unspecified atom stereocenters. The van der Waals surface area contributed by atoms with Gasteiger partial charge in [0.1, 0.15) is 0 Å². The summed E-state index contributed by atoms with van der Waals surface area (Å²) in [5.41, 5.74) is 7.74. The van der Waals surface area contributed by atoms with E-state index in [1.54, 1.807) is 12.5 Å². The molecule has 4 nitrogen and oxygen atoms in total. The molecule has 5 heteroatoms. The molecule has 1 aliphatic rings. The molecule has 0 radical (unpaired) electrons. The van der Waals surface area contributed by atoms with Crippen LogP contribution in [0.4, 0.5) is 5.69 Å². The van der Waals surface area contributed by atoms with Gasteiger partial charge in [-0.2, -0.15) is 0 Å². The summed E-state index contributed by atoms with van der Waals surface area (Å²) < 4.78 is 0. The SMILES string of the molecule is CC=CN=CNc1cccc(-c2c3c([nH]c(=O)c2C)-c2cc(Cl)ccc2C3)c1. The van der Waals surface area contributed by atoms with E-state index in [2.05, 4.69) is 15.3 Å². The van der Waals surface area contributed by atoms with Gasteiger partial charge in [-0.3, -0.25) is 4.79 Å². The summed E-state index contributed by atoms with van der Waals surface area (Å²) in [6.45, 7) is 3.79. The molecule has 0 aliphatic heterocycles. The average Bonchev–Trinajstić information content (AvgIpc) is 3.03. The Hall–Kier alpha value is -3.11. The molecule has 3 aromatic rings. The van der Waals surface area contributed by atoms with Crippen LogP contribution in [-0.4, -0.2) is 11.3 Å². The van der Waals surface area contributed by atoms with E-state index >= 15 is 0 Å². The van der Waals surface area contributed by atoms with Gasteiger partial charge in [0.25, 0.3) is 5.56 Å². The van der Waals surface area contributed by atoms with Gasteiger partial charge in [-0.1, -0.05) is 35.9 Å². The van der Waals surface area contributed by atoms with Crippen molar-refractivity contribution in [3.05, 3.63) is 86.8 Å². The van der Waals surface area contributed by atoms with E-state index in [-0.39, 0.29) is 5.56 Å². The van der Waals surface area contributed by atoms with Gasteiger partial charge in [0.15, 0.2) is 0 Å². The normalized spacial score (nSPS) is 12.5. The predicted octanol–water partition coefficient (Wildman–Crippen LogP) is 5.55. The number of nitrogens with zero attached hydrogens (tertiary/aromatic N) is 1. The van der Waals surface area contributed by atoms with Crippen LogP contribution in [0.5, 0.6) is 0 Å². The summed E-state index contributed by atoms with van der Waals surface area (Å²) in [6, 6.07) is 13.9. The number of hydrogen-bond donors (Lipinski definition) is 2. The number of benzene rings is 2. The molecule has 1 aromatic heterocycles. The molecular weight excluding hydrogens is 370 g/mol. The van der Waals surface area contributed by atoms with Crippen molar-refractivity contribution in [3.8, 4) is 22.4 Å². The molecule has 0 bridgehead atoms. The molecule has 0 saturated carbocycles. The Morgan fingerprint density at radius 3 is 2.89 bits per heavy atom. The number of fused-ring (bicyclic) bond motifs is 3. The monoisotopic (exact) mass is 389 g/mol. The quantitative estimate of drug-likeness (QED) is 0.355. The fourth-order valence-corrected chi connectivity index (χ4v) is 3.85. The van der Waals surface area contributed by atoms with Crippen molar-refractivity contribution in [2.45, 2.75) is 20.3 Å². The number of anilines is 1. The van der Waals surface area contributed by atoms with Crippen LogP contribution >= 0.6 is 11.6 Å². The van der Waals surface area contributed by atoms with Gasteiger partial charge in [-0.25, -0.2) is 4.99 Å². The van der Waals surface area contributed by atoms with Crippen LogP contribution in [0.1, 0.15) is 23.6 Å². The molecule has 28 heavy (non-hydrogen) atoms. The summed E-state index contributed by atoms with van der Waals surface area (Å²) in [5.74, 6) is 0. The van der Waals surface area contributed by atoms with Crippen molar-refractivity contribution in [1.82, 2.24) is 4.98 Å². The standard InChI is InChI=1S/C23H20ClN3O/c1-3-9-25-13-26-18-6-4-5-16(10-18)21-14(2)23(28)27-22-19-12-17(24)8-7-15(19)11-20(21)22/h3-10,12-13H,11H2,1-2H3,(H,25,26)(H,27,28). The maximum absolute atomic E-state index is 12.7. The summed E-state index contributed by atoms with van der Waals surface area (Å²) in [7, 11) is 0. The Balaban J connectivity index is 1.83. The van der Waals surface area contributed by atoms with Crippen LogP contribution in [0.25, 0.3) is 22.4 Å². The fraction of sp³-hybridized carbons (Fsp3) is 0.130. The van der Waals surface area contributed by atoms with Crippen LogP contribution in [0.3, 0.4) is 0 Å². The number of nitrogens with one attached hydrogen (secondary N) is 2. The molecule has 4 rings (SSSR count). The zero-order chi connectivity index (χ0) is 19.7. The van der Waals surface area contributed by atoms with E-state index in [1.807, 2.05) is 62.4 Å². The minimum Gasteiger partial charge on any atom is -0.346 e. The Bertz CT molecular complexity index is 1170. The first kappa shape index (κ1) is 18.3. The minimum absolute atomic E-state index is 0.0745. The van der Waals surface area contributed by atoms with Crippen molar-refractivity contribution < 1.29 is 0 Å². The number of halogens is 1. The second kappa shape index (κ2) is 7.49. The van der Waals surface area contributed by atoms with E-state index in [9.17, 15) is 4.79 Å². The molecule has 0 amide bonds. The molecule has 0 atom stereocenters. The molecule has 1 heterocycles. The van der Waals surface area contributed by atoms with Crippen molar-refractivity contribution in [2.75, 3.05) is 5.32 Å². The van der Waals surface area contributed by atoms with Gasteiger partial charge in [-0.15, -0.1) is 0 Å². The molecular formula is C23H20ClN3O. The molecule has 2 N–H and O–H groups in total. The highest BCUT2D eigenvalue weighted by Gasteiger charge is 2.25. The second-order valence-corrected chi connectivity index (χ2v) is 7.21. The van der Waals surface area contributed by atoms with Crippen LogP contribution in [0.2, 0.25) is 5.02 Å². The van der Waals surface area contributed by atoms with E-state index in [0.29, 0.717) is 5.02 Å². The van der Waals surface area contributed by atoms with Gasteiger partial charge < -0.3 is 10.3 Å². The number of pyridine rings is 1. The molecule has 0 saturated heterocycles. The number of aliphatic imine (C=N–C) groups is 1. The fourth-order valence-electron chi connectivity index (χ4n) is 3.68. The first-order valence-corrected chi connectivity index (χ1v) is 9.50. The summed E-state index contributed by atoms with van der Waals surface area (Å²) >= 11 is 6.19. The lowest BCUT2D eigenvalue weighted by molar-refractivity contribution is 1.15. The van der Waals surface area contributed by atoms with Gasteiger partial charge >= 0.3 is 0 Å². The third kappa shape index (κ3) is 3.27. The zero-order valence-corrected chi connectivity index (χ0v) is 16.5. The number of aromatic nitrogens is 1. The summed E-state index contributed by atoms with van der Waals surface area (Å²) in [6.07, 6.45) is 6.00. The number of H-pyrrole nitrogens is 1. The van der Waals surface area contributed by atoms with Gasteiger partial charge in [0, 0.05) is 34.5 Å². The van der Waals surface area contributed by atoms with E-state index in [0.717, 1.165) is 45.6 Å². The van der Waals surface area contributed by atoms with Crippen LogP contribution in [0, 0.1) is 6.92 Å². The summed E-state index contributed by atoms with van der Waals surface area (Å²) in [4.78, 5) is 19.8. The first-order chi connectivity index (χ1) is 13.6. The van der Waals surface area contributed by atoms with Crippen LogP contribution in [0.15, 0.2) is 64.5 Å². The first-order valence-electron chi connectivity index (χ1n) is 9.13. The largest absolute Gasteiger partial charge is 0.346 e. The van der Waals surface area contributed by atoms with E-state index in [1.165, 1.54) is 5.56 Å². The van der Waals surface area contributed by atoms with Gasteiger partial charge in [0.05, 0.1) is 12.0 Å². The van der Waals surface area contributed by atoms with Crippen LogP contribution in [-0.2, 0) is 6.42 Å². The highest BCUT2D eigenvalue weighted by molar-refractivity contribution is 6.31. The van der Waals surface area contributed by atoms with E-state index < -0.39 is 0 Å². The Morgan fingerprint density at radius 2 is 2.07 bits per heavy atom. The van der Waals surface area contributed by atoms with Crippen molar-refractivity contribution in [3.63, 3.8) is 0 Å². The van der Waals surface area contributed by atoms with Crippen molar-refractivity contribution in [1.29, 1.82) is 0 Å². The zero-order valence-electron chi connectivity index (χ0n) is 15.7. The number of rotatable bonds is 4.